The molecule has 3 rings (SSSR count). The first-order chi connectivity index (χ1) is 7.34. The van der Waals surface area contributed by atoms with Crippen molar-refractivity contribution in [2.45, 2.75) is 12.3 Å². The van der Waals surface area contributed by atoms with Crippen LogP contribution in [0.5, 0.6) is 0 Å². The zero-order valence-corrected chi connectivity index (χ0v) is 9.35. The Labute approximate surface area is 95.0 Å². The van der Waals surface area contributed by atoms with Crippen LogP contribution < -0.4 is 10.6 Å². The number of benzene rings is 1. The van der Waals surface area contributed by atoms with Crippen molar-refractivity contribution in [3.63, 3.8) is 0 Å². The Kier molecular flexibility index (Phi) is 2.33. The number of fused-ring (bicyclic) bond motifs is 3. The van der Waals surface area contributed by atoms with Crippen LogP contribution in [0, 0.1) is 5.92 Å². The fraction of sp³-hybridized carbons (Fsp3) is 0.500. The Morgan fingerprint density at radius 1 is 1.27 bits per heavy atom. The highest BCUT2D eigenvalue weighted by Crippen LogP contribution is 2.38. The monoisotopic (exact) mass is 222 g/mol. The van der Waals surface area contributed by atoms with E-state index in [1.807, 2.05) is 6.07 Å². The van der Waals surface area contributed by atoms with Gasteiger partial charge in [0.25, 0.3) is 0 Å². The van der Waals surface area contributed by atoms with Crippen LogP contribution >= 0.6 is 11.6 Å². The Bertz CT molecular complexity index is 378. The summed E-state index contributed by atoms with van der Waals surface area (Å²) in [6.45, 7) is 3.33. The van der Waals surface area contributed by atoms with Gasteiger partial charge in [-0.3, -0.25) is 0 Å². The molecule has 1 aromatic carbocycles. The zero-order valence-electron chi connectivity index (χ0n) is 8.59. The molecule has 80 valence electrons. The third kappa shape index (κ3) is 1.62. The van der Waals surface area contributed by atoms with Gasteiger partial charge in [0, 0.05) is 29.7 Å². The third-order valence-electron chi connectivity index (χ3n) is 3.58. The normalized spacial score (nSPS) is 28.9. The van der Waals surface area contributed by atoms with E-state index in [1.165, 1.54) is 17.7 Å². The largest absolute Gasteiger partial charge is 0.385 e. The van der Waals surface area contributed by atoms with Gasteiger partial charge in [-0.15, -0.1) is 0 Å². The van der Waals surface area contributed by atoms with Crippen molar-refractivity contribution in [2.24, 2.45) is 5.92 Å². The number of anilines is 1. The molecule has 15 heavy (non-hydrogen) atoms. The molecule has 1 fully saturated rings. The van der Waals surface area contributed by atoms with Crippen molar-refractivity contribution in [3.05, 3.63) is 28.8 Å². The first kappa shape index (κ1) is 9.49. The van der Waals surface area contributed by atoms with E-state index in [9.17, 15) is 0 Å². The van der Waals surface area contributed by atoms with Crippen LogP contribution in [0.15, 0.2) is 18.2 Å². The SMILES string of the molecule is Clc1ccc2c(c1)[C@H]1CNCC1CCN2. The highest BCUT2D eigenvalue weighted by atomic mass is 35.5. The molecule has 0 aromatic heterocycles. The molecule has 0 bridgehead atoms. The van der Waals surface area contributed by atoms with Gasteiger partial charge in [-0.2, -0.15) is 0 Å². The highest BCUT2D eigenvalue weighted by Gasteiger charge is 2.31. The molecule has 2 nitrogen and oxygen atoms in total. The van der Waals surface area contributed by atoms with Crippen molar-refractivity contribution in [1.82, 2.24) is 5.32 Å². The molecule has 1 saturated heterocycles. The highest BCUT2D eigenvalue weighted by molar-refractivity contribution is 6.30. The van der Waals surface area contributed by atoms with Gasteiger partial charge < -0.3 is 10.6 Å². The van der Waals surface area contributed by atoms with E-state index >= 15 is 0 Å². The van der Waals surface area contributed by atoms with Gasteiger partial charge in [-0.1, -0.05) is 11.6 Å². The predicted molar refractivity (Wildman–Crippen MR) is 63.7 cm³/mol. The van der Waals surface area contributed by atoms with Crippen molar-refractivity contribution in [1.29, 1.82) is 0 Å². The molecule has 2 heterocycles. The Morgan fingerprint density at radius 3 is 3.13 bits per heavy atom. The average molecular weight is 223 g/mol. The summed E-state index contributed by atoms with van der Waals surface area (Å²) < 4.78 is 0. The van der Waals surface area contributed by atoms with E-state index < -0.39 is 0 Å². The lowest BCUT2D eigenvalue weighted by atomic mass is 9.87. The van der Waals surface area contributed by atoms with Crippen molar-refractivity contribution in [2.75, 3.05) is 25.0 Å². The molecule has 3 heteroatoms. The summed E-state index contributed by atoms with van der Waals surface area (Å²) in [6.07, 6.45) is 1.25. The van der Waals surface area contributed by atoms with Crippen molar-refractivity contribution >= 4 is 17.3 Å². The van der Waals surface area contributed by atoms with Gasteiger partial charge in [0.2, 0.25) is 0 Å². The lowest BCUT2D eigenvalue weighted by Crippen LogP contribution is -2.11. The van der Waals surface area contributed by atoms with Crippen LogP contribution in [-0.4, -0.2) is 19.6 Å². The fourth-order valence-electron chi connectivity index (χ4n) is 2.79. The number of hydrogen-bond donors (Lipinski definition) is 2. The summed E-state index contributed by atoms with van der Waals surface area (Å²) >= 11 is 6.07. The molecule has 1 unspecified atom stereocenters. The van der Waals surface area contributed by atoms with E-state index in [-0.39, 0.29) is 0 Å². The molecule has 2 N–H and O–H groups in total. The van der Waals surface area contributed by atoms with Gasteiger partial charge >= 0.3 is 0 Å². The summed E-state index contributed by atoms with van der Waals surface area (Å²) in [6, 6.07) is 6.20. The maximum absolute atomic E-state index is 6.07. The summed E-state index contributed by atoms with van der Waals surface area (Å²) in [5.41, 5.74) is 2.67. The van der Waals surface area contributed by atoms with E-state index in [0.29, 0.717) is 5.92 Å². The minimum Gasteiger partial charge on any atom is -0.385 e. The molecule has 0 spiro atoms. The standard InChI is InChI=1S/C12H15ClN2/c13-9-1-2-12-10(5-9)11-7-14-6-8(11)3-4-15-12/h1-2,5,8,11,14-15H,3-4,6-7H2/t8?,11-/m0/s1. The van der Waals surface area contributed by atoms with Gasteiger partial charge in [0.1, 0.15) is 0 Å². The number of rotatable bonds is 0. The summed E-state index contributed by atoms with van der Waals surface area (Å²) in [7, 11) is 0. The summed E-state index contributed by atoms with van der Waals surface area (Å²) in [5, 5.41) is 7.83. The van der Waals surface area contributed by atoms with Gasteiger partial charge in [-0.05, 0) is 42.6 Å². The van der Waals surface area contributed by atoms with Crippen LogP contribution in [0.4, 0.5) is 5.69 Å². The number of nitrogens with one attached hydrogen (secondary N) is 2. The average Bonchev–Trinajstić information content (AvgIpc) is 2.62. The maximum atomic E-state index is 6.07. The molecule has 0 saturated carbocycles. The number of halogens is 1. The third-order valence-corrected chi connectivity index (χ3v) is 3.82. The molecule has 0 aliphatic carbocycles. The predicted octanol–water partition coefficient (Wildman–Crippen LogP) is 2.46. The van der Waals surface area contributed by atoms with E-state index in [1.54, 1.807) is 0 Å². The second-order valence-electron chi connectivity index (χ2n) is 4.47. The van der Waals surface area contributed by atoms with Gasteiger partial charge in [0.05, 0.1) is 0 Å². The van der Waals surface area contributed by atoms with Crippen LogP contribution in [0.1, 0.15) is 17.9 Å². The molecule has 2 aliphatic heterocycles. The van der Waals surface area contributed by atoms with Crippen LogP contribution in [-0.2, 0) is 0 Å². The van der Waals surface area contributed by atoms with Crippen molar-refractivity contribution < 1.29 is 0 Å². The summed E-state index contributed by atoms with van der Waals surface area (Å²) in [5.74, 6) is 1.42. The molecule has 0 amide bonds. The molecule has 2 aliphatic rings. The Balaban J connectivity index is 2.06. The Hall–Kier alpha value is -0.730. The first-order valence-corrected chi connectivity index (χ1v) is 5.96. The maximum Gasteiger partial charge on any atom is 0.0410 e. The van der Waals surface area contributed by atoms with Gasteiger partial charge in [0.15, 0.2) is 0 Å². The van der Waals surface area contributed by atoms with Crippen LogP contribution in [0.2, 0.25) is 5.02 Å². The summed E-state index contributed by atoms with van der Waals surface area (Å²) in [4.78, 5) is 0. The second kappa shape index (κ2) is 3.69. The molecule has 0 radical (unpaired) electrons. The van der Waals surface area contributed by atoms with E-state index in [0.717, 1.165) is 30.6 Å². The van der Waals surface area contributed by atoms with Crippen LogP contribution in [0.25, 0.3) is 0 Å². The van der Waals surface area contributed by atoms with E-state index in [4.69, 9.17) is 11.6 Å². The minimum atomic E-state index is 0.647. The lowest BCUT2D eigenvalue weighted by Gasteiger charge is -2.16. The first-order valence-electron chi connectivity index (χ1n) is 5.58. The Morgan fingerprint density at radius 2 is 2.20 bits per heavy atom. The topological polar surface area (TPSA) is 24.1 Å². The van der Waals surface area contributed by atoms with Crippen LogP contribution in [0.3, 0.4) is 0 Å². The fourth-order valence-corrected chi connectivity index (χ4v) is 2.97. The number of hydrogen-bond acceptors (Lipinski definition) is 2. The second-order valence-corrected chi connectivity index (χ2v) is 4.91. The molecular formula is C12H15ClN2. The van der Waals surface area contributed by atoms with Gasteiger partial charge in [-0.25, -0.2) is 0 Å². The van der Waals surface area contributed by atoms with E-state index in [2.05, 4.69) is 22.8 Å². The molecule has 1 aromatic rings. The smallest absolute Gasteiger partial charge is 0.0410 e. The lowest BCUT2D eigenvalue weighted by molar-refractivity contribution is 0.503. The molecule has 2 atom stereocenters. The molecular weight excluding hydrogens is 208 g/mol. The van der Waals surface area contributed by atoms with Crippen molar-refractivity contribution in [3.8, 4) is 0 Å². The minimum absolute atomic E-state index is 0.647. The quantitative estimate of drug-likeness (QED) is 0.705. The zero-order chi connectivity index (χ0) is 10.3.